The maximum absolute atomic E-state index is 6.02. The van der Waals surface area contributed by atoms with Gasteiger partial charge in [0.2, 0.25) is 0 Å². The molecule has 16 heavy (non-hydrogen) atoms. The van der Waals surface area contributed by atoms with Crippen LogP contribution in [0.15, 0.2) is 36.7 Å². The molecule has 0 fully saturated rings. The van der Waals surface area contributed by atoms with Gasteiger partial charge in [-0.1, -0.05) is 23.7 Å². The topological polar surface area (TPSA) is 29.9 Å². The Balaban J connectivity index is 1.87. The number of benzene rings is 1. The first kappa shape index (κ1) is 11.7. The van der Waals surface area contributed by atoms with E-state index >= 15 is 0 Å². The number of aromatic nitrogens is 2. The number of nitrogens with zero attached hydrogens (tertiary/aromatic N) is 2. The molecule has 0 saturated carbocycles. The zero-order valence-corrected chi connectivity index (χ0v) is 11.4. The van der Waals surface area contributed by atoms with Crippen LogP contribution in [0, 0.1) is 3.57 Å². The van der Waals surface area contributed by atoms with Crippen molar-refractivity contribution >= 4 is 39.9 Å². The number of anilines is 1. The van der Waals surface area contributed by atoms with E-state index in [1.54, 1.807) is 0 Å². The van der Waals surface area contributed by atoms with E-state index in [0.29, 0.717) is 0 Å². The lowest BCUT2D eigenvalue weighted by atomic mass is 10.3. The predicted octanol–water partition coefficient (Wildman–Crippen LogP) is 3.25. The molecule has 0 saturated heterocycles. The van der Waals surface area contributed by atoms with E-state index < -0.39 is 0 Å². The minimum atomic E-state index is 0.748. The molecule has 0 spiro atoms. The fraction of sp³-hybridized carbons (Fsp3) is 0.182. The molecule has 0 bridgehead atoms. The van der Waals surface area contributed by atoms with Crippen LogP contribution in [0.3, 0.4) is 0 Å². The van der Waals surface area contributed by atoms with Gasteiger partial charge in [-0.3, -0.25) is 4.68 Å². The van der Waals surface area contributed by atoms with E-state index in [-0.39, 0.29) is 0 Å². The summed E-state index contributed by atoms with van der Waals surface area (Å²) in [4.78, 5) is 0. The number of para-hydroxylation sites is 1. The highest BCUT2D eigenvalue weighted by atomic mass is 127. The fourth-order valence-electron chi connectivity index (χ4n) is 1.37. The van der Waals surface area contributed by atoms with Gasteiger partial charge in [0.15, 0.2) is 0 Å². The van der Waals surface area contributed by atoms with Crippen molar-refractivity contribution in [1.29, 1.82) is 0 Å². The summed E-state index contributed by atoms with van der Waals surface area (Å²) in [5.41, 5.74) is 0.964. The summed E-state index contributed by atoms with van der Waals surface area (Å²) < 4.78 is 3.06. The van der Waals surface area contributed by atoms with Crippen LogP contribution in [0.25, 0.3) is 0 Å². The first-order chi connectivity index (χ1) is 7.75. The summed E-state index contributed by atoms with van der Waals surface area (Å²) in [6, 6.07) is 7.73. The zero-order valence-electron chi connectivity index (χ0n) is 8.53. The van der Waals surface area contributed by atoms with Gasteiger partial charge in [-0.05, 0) is 34.7 Å². The van der Waals surface area contributed by atoms with Crippen molar-refractivity contribution in [3.05, 3.63) is 45.3 Å². The SMILES string of the molecule is Clc1ccccc1NCCn1cc(I)cn1. The summed E-state index contributed by atoms with van der Waals surface area (Å²) in [5, 5.41) is 8.23. The molecule has 1 aromatic carbocycles. The Morgan fingerprint density at radius 2 is 2.19 bits per heavy atom. The lowest BCUT2D eigenvalue weighted by Crippen LogP contribution is -2.10. The van der Waals surface area contributed by atoms with Gasteiger partial charge >= 0.3 is 0 Å². The summed E-state index contributed by atoms with van der Waals surface area (Å²) in [5.74, 6) is 0. The van der Waals surface area contributed by atoms with Gasteiger partial charge in [-0.2, -0.15) is 5.10 Å². The van der Waals surface area contributed by atoms with Crippen molar-refractivity contribution in [3.63, 3.8) is 0 Å². The maximum atomic E-state index is 6.02. The molecule has 2 aromatic rings. The molecule has 0 unspecified atom stereocenters. The van der Waals surface area contributed by atoms with Gasteiger partial charge in [-0.15, -0.1) is 0 Å². The Kier molecular flexibility index (Phi) is 4.06. The fourth-order valence-corrected chi connectivity index (χ4v) is 2.02. The van der Waals surface area contributed by atoms with Crippen LogP contribution in [-0.2, 0) is 6.54 Å². The molecule has 0 radical (unpaired) electrons. The molecule has 0 aliphatic carbocycles. The van der Waals surface area contributed by atoms with Crippen LogP contribution < -0.4 is 5.32 Å². The minimum absolute atomic E-state index is 0.748. The first-order valence-corrected chi connectivity index (χ1v) is 6.38. The van der Waals surface area contributed by atoms with Gasteiger partial charge in [-0.25, -0.2) is 0 Å². The molecule has 0 aliphatic rings. The van der Waals surface area contributed by atoms with E-state index in [1.807, 2.05) is 41.3 Å². The average molecular weight is 348 g/mol. The number of rotatable bonds is 4. The lowest BCUT2D eigenvalue weighted by Gasteiger charge is -2.07. The highest BCUT2D eigenvalue weighted by Gasteiger charge is 1.98. The number of hydrogen-bond acceptors (Lipinski definition) is 2. The normalized spacial score (nSPS) is 10.4. The van der Waals surface area contributed by atoms with Gasteiger partial charge < -0.3 is 5.32 Å². The van der Waals surface area contributed by atoms with Crippen LogP contribution in [0.5, 0.6) is 0 Å². The van der Waals surface area contributed by atoms with Gasteiger partial charge in [0.05, 0.1) is 27.0 Å². The van der Waals surface area contributed by atoms with Crippen LogP contribution in [0.4, 0.5) is 5.69 Å². The highest BCUT2D eigenvalue weighted by molar-refractivity contribution is 14.1. The maximum Gasteiger partial charge on any atom is 0.0637 e. The van der Waals surface area contributed by atoms with Crippen LogP contribution in [-0.4, -0.2) is 16.3 Å². The third kappa shape index (κ3) is 3.12. The second-order valence-corrected chi connectivity index (χ2v) is 4.98. The summed E-state index contributed by atoms with van der Waals surface area (Å²) >= 11 is 8.27. The monoisotopic (exact) mass is 347 g/mol. The molecule has 1 aromatic heterocycles. The lowest BCUT2D eigenvalue weighted by molar-refractivity contribution is 0.637. The molecule has 2 rings (SSSR count). The first-order valence-electron chi connectivity index (χ1n) is 4.92. The third-order valence-electron chi connectivity index (χ3n) is 2.13. The van der Waals surface area contributed by atoms with E-state index in [1.165, 1.54) is 0 Å². The Labute approximate surface area is 113 Å². The molecule has 3 nitrogen and oxygen atoms in total. The standard InChI is InChI=1S/C11H11ClIN3/c12-10-3-1-2-4-11(10)14-5-6-16-8-9(13)7-15-16/h1-4,7-8,14H,5-6H2. The van der Waals surface area contributed by atoms with Gasteiger partial charge in [0, 0.05) is 12.7 Å². The molecule has 0 amide bonds. The highest BCUT2D eigenvalue weighted by Crippen LogP contribution is 2.19. The Morgan fingerprint density at radius 3 is 2.88 bits per heavy atom. The second-order valence-electron chi connectivity index (χ2n) is 3.33. The van der Waals surface area contributed by atoms with Crippen molar-refractivity contribution < 1.29 is 0 Å². The molecule has 0 atom stereocenters. The van der Waals surface area contributed by atoms with E-state index in [0.717, 1.165) is 27.4 Å². The van der Waals surface area contributed by atoms with Crippen LogP contribution in [0.2, 0.25) is 5.02 Å². The number of nitrogens with one attached hydrogen (secondary N) is 1. The predicted molar refractivity (Wildman–Crippen MR) is 74.9 cm³/mol. The van der Waals surface area contributed by atoms with Crippen LogP contribution >= 0.6 is 34.2 Å². The van der Waals surface area contributed by atoms with E-state index in [2.05, 4.69) is 33.0 Å². The van der Waals surface area contributed by atoms with Crippen molar-refractivity contribution in [1.82, 2.24) is 9.78 Å². The van der Waals surface area contributed by atoms with Crippen molar-refractivity contribution in [2.45, 2.75) is 6.54 Å². The van der Waals surface area contributed by atoms with Gasteiger partial charge in [0.1, 0.15) is 0 Å². The van der Waals surface area contributed by atoms with Crippen LogP contribution in [0.1, 0.15) is 0 Å². The molecule has 1 N–H and O–H groups in total. The average Bonchev–Trinajstić information content (AvgIpc) is 2.67. The Hall–Kier alpha value is -0.750. The third-order valence-corrected chi connectivity index (χ3v) is 3.02. The molecular formula is C11H11ClIN3. The minimum Gasteiger partial charge on any atom is -0.382 e. The Morgan fingerprint density at radius 1 is 1.38 bits per heavy atom. The summed E-state index contributed by atoms with van der Waals surface area (Å²) in [6.45, 7) is 1.63. The second kappa shape index (κ2) is 5.54. The van der Waals surface area contributed by atoms with Crippen molar-refractivity contribution in [3.8, 4) is 0 Å². The van der Waals surface area contributed by atoms with Crippen molar-refractivity contribution in [2.75, 3.05) is 11.9 Å². The molecule has 0 aliphatic heterocycles. The number of halogens is 2. The summed E-state index contributed by atoms with van der Waals surface area (Å²) in [7, 11) is 0. The molecule has 5 heteroatoms. The largest absolute Gasteiger partial charge is 0.382 e. The number of hydrogen-bond donors (Lipinski definition) is 1. The van der Waals surface area contributed by atoms with Gasteiger partial charge in [0.25, 0.3) is 0 Å². The smallest absolute Gasteiger partial charge is 0.0637 e. The quantitative estimate of drug-likeness (QED) is 0.861. The van der Waals surface area contributed by atoms with E-state index in [9.17, 15) is 0 Å². The van der Waals surface area contributed by atoms with E-state index in [4.69, 9.17) is 11.6 Å². The molecular weight excluding hydrogens is 336 g/mol. The van der Waals surface area contributed by atoms with Crippen molar-refractivity contribution in [2.24, 2.45) is 0 Å². The Bertz CT molecular complexity index is 470. The molecule has 84 valence electrons. The summed E-state index contributed by atoms with van der Waals surface area (Å²) in [6.07, 6.45) is 3.85. The molecule has 1 heterocycles. The zero-order chi connectivity index (χ0) is 11.4.